The smallest absolute Gasteiger partial charge is 0.330 e. The first-order valence-corrected chi connectivity index (χ1v) is 17.0. The van der Waals surface area contributed by atoms with Gasteiger partial charge in [0.2, 0.25) is 0 Å². The van der Waals surface area contributed by atoms with Gasteiger partial charge < -0.3 is 4.74 Å². The van der Waals surface area contributed by atoms with Crippen molar-refractivity contribution in [3.8, 4) is 11.1 Å². The Morgan fingerprint density at radius 1 is 0.974 bits per heavy atom. The van der Waals surface area contributed by atoms with E-state index in [2.05, 4.69) is 112 Å². The highest BCUT2D eigenvalue weighted by Gasteiger charge is 2.27. The van der Waals surface area contributed by atoms with E-state index in [1.54, 1.807) is 6.08 Å². The number of benzene rings is 3. The molecule has 6 heteroatoms. The molecule has 1 aromatic heterocycles. The summed E-state index contributed by atoms with van der Waals surface area (Å²) in [7, 11) is 0. The van der Waals surface area contributed by atoms with Crippen molar-refractivity contribution in [2.45, 2.75) is 26.2 Å². The topological polar surface area (TPSA) is 44.1 Å². The monoisotopic (exact) mass is 632 g/mol. The number of hydrogen-bond donors (Lipinski definition) is 0. The fourth-order valence-corrected chi connectivity index (χ4v) is 5.92. The van der Waals surface area contributed by atoms with Crippen LogP contribution in [-0.4, -0.2) is 22.1 Å². The number of ether oxygens (including phenoxy) is 1. The first kappa shape index (κ1) is 26.6. The van der Waals surface area contributed by atoms with Crippen molar-refractivity contribution in [1.82, 2.24) is 9.55 Å². The predicted octanol–water partition coefficient (Wildman–Crippen LogP) is 8.68. The minimum atomic E-state index is -0.321. The Balaban J connectivity index is 1.58. The van der Waals surface area contributed by atoms with E-state index in [1.807, 2.05) is 17.6 Å². The van der Waals surface area contributed by atoms with Crippen molar-refractivity contribution in [3.05, 3.63) is 120 Å². The summed E-state index contributed by atoms with van der Waals surface area (Å²) in [6.45, 7) is 2.19. The van der Waals surface area contributed by atoms with Crippen LogP contribution in [0.25, 0.3) is 28.3 Å². The Hall–Kier alpha value is -3.02. The molecule has 5 rings (SSSR count). The third kappa shape index (κ3) is 6.16. The van der Waals surface area contributed by atoms with Crippen molar-refractivity contribution in [2.24, 2.45) is 5.92 Å². The quantitative estimate of drug-likeness (QED) is 0.0610. The number of aromatic nitrogens is 2. The maximum atomic E-state index is 11.8. The number of esters is 1. The molecule has 1 saturated carbocycles. The van der Waals surface area contributed by atoms with Gasteiger partial charge in [0.25, 0.3) is 0 Å². The Morgan fingerprint density at radius 2 is 1.66 bits per heavy atom. The van der Waals surface area contributed by atoms with E-state index in [1.165, 1.54) is 58.7 Å². The fraction of sp³-hybridized carbons (Fsp3) is 0.188. The number of allylic oxidation sites excluding steroid dienone is 1. The molecule has 0 bridgehead atoms. The molecule has 0 spiro atoms. The lowest BCUT2D eigenvalue weighted by molar-refractivity contribution is -0.137. The van der Waals surface area contributed by atoms with Crippen LogP contribution in [0, 0.1) is 5.92 Å². The van der Waals surface area contributed by atoms with Gasteiger partial charge in [-0.1, -0.05) is 85.3 Å². The van der Waals surface area contributed by atoms with Gasteiger partial charge in [-0.3, -0.25) is 0 Å². The summed E-state index contributed by atoms with van der Waals surface area (Å²) in [5.41, 5.74) is 9.62. The van der Waals surface area contributed by atoms with Gasteiger partial charge in [-0.05, 0) is 92.8 Å². The molecule has 38 heavy (non-hydrogen) atoms. The minimum Gasteiger partial charge on any atom is -0.463 e. The Kier molecular flexibility index (Phi) is 8.87. The molecule has 0 aliphatic heterocycles. The summed E-state index contributed by atoms with van der Waals surface area (Å²) >= 11 is 2.34. The second-order valence-corrected chi connectivity index (χ2v) is 11.4. The summed E-state index contributed by atoms with van der Waals surface area (Å²) in [5, 5.41) is 4.45. The lowest BCUT2D eigenvalue weighted by Gasteiger charge is -2.31. The zero-order valence-corrected chi connectivity index (χ0v) is 24.5. The van der Waals surface area contributed by atoms with Crippen LogP contribution < -0.4 is 0 Å². The number of carbonyl (C=O) groups excluding carboxylic acids is 1. The maximum Gasteiger partial charge on any atom is 0.330 e. The van der Waals surface area contributed by atoms with Crippen molar-refractivity contribution >= 4 is 51.6 Å². The van der Waals surface area contributed by atoms with E-state index in [0.29, 0.717) is 18.9 Å². The van der Waals surface area contributed by atoms with Gasteiger partial charge in [0, 0.05) is 17.8 Å². The average Bonchev–Trinajstić information content (AvgIpc) is 3.42. The third-order valence-electron chi connectivity index (χ3n) is 6.94. The van der Waals surface area contributed by atoms with Gasteiger partial charge in [-0.25, -0.2) is 9.25 Å². The molecule has 1 atom stereocenters. The van der Waals surface area contributed by atoms with Crippen molar-refractivity contribution < 1.29 is 9.53 Å². The van der Waals surface area contributed by atoms with Gasteiger partial charge in [0.05, 0.1) is 19.2 Å². The Bertz CT molecular complexity index is 1440. The van der Waals surface area contributed by atoms with E-state index >= 15 is 0 Å². The van der Waals surface area contributed by atoms with Crippen LogP contribution in [0.2, 0.25) is 0 Å². The SMILES string of the molecule is CCOC(=O)/C=C/c1ccc(/C(=C(\c2ccccc2)C2CCC2)c2ccc(-c3cnn(PI)c3)cc2)cc1. The summed E-state index contributed by atoms with van der Waals surface area (Å²) < 4.78 is 6.99. The molecule has 0 N–H and O–H groups in total. The van der Waals surface area contributed by atoms with Gasteiger partial charge in [-0.2, -0.15) is 5.10 Å². The van der Waals surface area contributed by atoms with Gasteiger partial charge in [-0.15, -0.1) is 0 Å². The molecule has 1 aliphatic carbocycles. The molecule has 3 aromatic carbocycles. The van der Waals surface area contributed by atoms with E-state index in [-0.39, 0.29) is 5.97 Å². The van der Waals surface area contributed by atoms with Crippen LogP contribution in [0.15, 0.2) is 97.3 Å². The third-order valence-corrected chi connectivity index (χ3v) is 8.84. The first-order valence-electron chi connectivity index (χ1n) is 12.9. The van der Waals surface area contributed by atoms with Crippen LogP contribution in [0.3, 0.4) is 0 Å². The minimum absolute atomic E-state index is 0.321. The van der Waals surface area contributed by atoms with E-state index in [9.17, 15) is 4.79 Å². The summed E-state index contributed by atoms with van der Waals surface area (Å²) in [4.78, 5) is 11.8. The second-order valence-electron chi connectivity index (χ2n) is 9.33. The Morgan fingerprint density at radius 3 is 2.24 bits per heavy atom. The highest BCUT2D eigenvalue weighted by atomic mass is 127. The van der Waals surface area contributed by atoms with Crippen molar-refractivity contribution in [1.29, 1.82) is 0 Å². The molecule has 0 radical (unpaired) electrons. The van der Waals surface area contributed by atoms with Crippen LogP contribution >= 0.6 is 28.4 Å². The summed E-state index contributed by atoms with van der Waals surface area (Å²) in [6.07, 6.45) is 11.6. The molecule has 0 amide bonds. The van der Waals surface area contributed by atoms with E-state index in [0.717, 1.165) is 11.1 Å². The summed E-state index contributed by atoms with van der Waals surface area (Å²) in [6, 6.07) is 28.2. The van der Waals surface area contributed by atoms with E-state index in [4.69, 9.17) is 4.74 Å². The molecule has 1 aliphatic rings. The predicted molar refractivity (Wildman–Crippen MR) is 167 cm³/mol. The molecule has 0 saturated heterocycles. The lowest BCUT2D eigenvalue weighted by atomic mass is 9.73. The van der Waals surface area contributed by atoms with Crippen LogP contribution in [0.4, 0.5) is 0 Å². The molecule has 1 heterocycles. The van der Waals surface area contributed by atoms with Crippen molar-refractivity contribution in [2.75, 3.05) is 6.61 Å². The number of hydrogen-bond acceptors (Lipinski definition) is 3. The molecular formula is C32H30IN2O2P. The van der Waals surface area contributed by atoms with E-state index < -0.39 is 0 Å². The molecule has 4 nitrogen and oxygen atoms in total. The molecule has 192 valence electrons. The highest BCUT2D eigenvalue weighted by Crippen LogP contribution is 2.45. The number of rotatable bonds is 9. The fourth-order valence-electron chi connectivity index (χ4n) is 4.84. The Labute approximate surface area is 239 Å². The van der Waals surface area contributed by atoms with Gasteiger partial charge in [0.15, 0.2) is 0 Å². The maximum absolute atomic E-state index is 11.8. The molecular weight excluding hydrogens is 602 g/mol. The van der Waals surface area contributed by atoms with Crippen LogP contribution in [0.1, 0.15) is 48.4 Å². The average molecular weight is 632 g/mol. The highest BCUT2D eigenvalue weighted by molar-refractivity contribution is 14.2. The first-order chi connectivity index (χ1) is 18.7. The summed E-state index contributed by atoms with van der Waals surface area (Å²) in [5.74, 6) is 0.219. The molecule has 4 aromatic rings. The van der Waals surface area contributed by atoms with Crippen molar-refractivity contribution in [3.63, 3.8) is 0 Å². The zero-order chi connectivity index (χ0) is 26.3. The number of nitrogens with zero attached hydrogens (tertiary/aromatic N) is 2. The lowest BCUT2D eigenvalue weighted by Crippen LogP contribution is -2.15. The normalized spacial score (nSPS) is 14.6. The van der Waals surface area contributed by atoms with Gasteiger partial charge >= 0.3 is 5.97 Å². The standard InChI is InChI=1S/C32H30IN2O2P/c1-2-37-30(36)20-13-23-11-14-27(15-12-23)32(31(26-9-6-10-26)25-7-4-3-5-8-25)28-18-16-24(17-19-28)29-21-34-35(22-29)38-33/h3-5,7-8,11-22,26,38H,2,6,9-10H2,1H3/b20-13+,32-31-. The van der Waals surface area contributed by atoms with Crippen LogP contribution in [0.5, 0.6) is 0 Å². The van der Waals surface area contributed by atoms with Crippen LogP contribution in [-0.2, 0) is 9.53 Å². The van der Waals surface area contributed by atoms with Gasteiger partial charge in [0.1, 0.15) is 0 Å². The second kappa shape index (κ2) is 12.7. The number of carbonyl (C=O) groups is 1. The molecule has 1 unspecified atom stereocenters. The largest absolute Gasteiger partial charge is 0.463 e. The molecule has 1 fully saturated rings. The zero-order valence-electron chi connectivity index (χ0n) is 21.3. The number of halogens is 1.